The minimum Gasteiger partial charge on any atom is -0.383 e. The van der Waals surface area contributed by atoms with E-state index in [1.165, 1.54) is 38.1 Å². The first-order valence-corrected chi connectivity index (χ1v) is 7.75. The van der Waals surface area contributed by atoms with Crippen molar-refractivity contribution in [3.8, 4) is 0 Å². The van der Waals surface area contributed by atoms with Gasteiger partial charge in [0.2, 0.25) is 0 Å². The second kappa shape index (κ2) is 7.04. The van der Waals surface area contributed by atoms with Gasteiger partial charge in [0.1, 0.15) is 0 Å². The Labute approximate surface area is 127 Å². The molecular formula is C14H20BrN3O2. The van der Waals surface area contributed by atoms with Gasteiger partial charge in [-0.05, 0) is 53.8 Å². The van der Waals surface area contributed by atoms with Crippen molar-refractivity contribution in [1.29, 1.82) is 0 Å². The maximum atomic E-state index is 10.7. The average molecular weight is 342 g/mol. The van der Waals surface area contributed by atoms with Crippen LogP contribution >= 0.6 is 15.9 Å². The fourth-order valence-electron chi connectivity index (χ4n) is 2.40. The first-order valence-electron chi connectivity index (χ1n) is 6.96. The average Bonchev–Trinajstić information content (AvgIpc) is 2.42. The minimum atomic E-state index is -0.385. The highest BCUT2D eigenvalue weighted by Crippen LogP contribution is 2.27. The Bertz CT molecular complexity index is 473. The summed E-state index contributed by atoms with van der Waals surface area (Å²) in [7, 11) is 0. The fourth-order valence-corrected chi connectivity index (χ4v) is 2.90. The molecule has 1 heterocycles. The number of nitrogens with one attached hydrogen (secondary N) is 1. The van der Waals surface area contributed by atoms with Gasteiger partial charge in [0, 0.05) is 35.4 Å². The summed E-state index contributed by atoms with van der Waals surface area (Å²) < 4.78 is 0.735. The van der Waals surface area contributed by atoms with E-state index in [4.69, 9.17) is 0 Å². The Balaban J connectivity index is 1.81. The van der Waals surface area contributed by atoms with Crippen molar-refractivity contribution < 1.29 is 4.92 Å². The Hall–Kier alpha value is -1.14. The number of anilines is 1. The summed E-state index contributed by atoms with van der Waals surface area (Å²) >= 11 is 3.37. The van der Waals surface area contributed by atoms with Crippen molar-refractivity contribution in [2.45, 2.75) is 19.8 Å². The van der Waals surface area contributed by atoms with E-state index in [1.54, 1.807) is 6.07 Å². The number of hydrogen-bond donors (Lipinski definition) is 1. The molecular weight excluding hydrogens is 322 g/mol. The smallest absolute Gasteiger partial charge is 0.270 e. The van der Waals surface area contributed by atoms with Crippen molar-refractivity contribution in [3.63, 3.8) is 0 Å². The number of nitrogens with zero attached hydrogens (tertiary/aromatic N) is 2. The maximum Gasteiger partial charge on any atom is 0.270 e. The van der Waals surface area contributed by atoms with Crippen LogP contribution in [0.3, 0.4) is 0 Å². The third kappa shape index (κ3) is 4.18. The van der Waals surface area contributed by atoms with E-state index >= 15 is 0 Å². The Morgan fingerprint density at radius 2 is 2.15 bits per heavy atom. The molecule has 110 valence electrons. The molecule has 2 rings (SSSR count). The van der Waals surface area contributed by atoms with Gasteiger partial charge in [-0.1, -0.05) is 6.92 Å². The van der Waals surface area contributed by atoms with Crippen molar-refractivity contribution in [2.75, 3.05) is 31.5 Å². The largest absolute Gasteiger partial charge is 0.383 e. The van der Waals surface area contributed by atoms with Crippen LogP contribution in [0.25, 0.3) is 0 Å². The van der Waals surface area contributed by atoms with Gasteiger partial charge in [-0.3, -0.25) is 10.1 Å². The lowest BCUT2D eigenvalue weighted by atomic mass is 9.99. The summed E-state index contributed by atoms with van der Waals surface area (Å²) in [5.74, 6) is 0.850. The van der Waals surface area contributed by atoms with E-state index in [9.17, 15) is 10.1 Å². The standard InChI is InChI=1S/C14H20BrN3O2/c1-11-4-7-17(8-5-11)9-6-16-14-3-2-12(18(19)20)10-13(14)15/h2-3,10-11,16H,4-9H2,1H3. The van der Waals surface area contributed by atoms with Gasteiger partial charge in [0.15, 0.2) is 0 Å². The monoisotopic (exact) mass is 341 g/mol. The molecule has 0 aromatic heterocycles. The van der Waals surface area contributed by atoms with Crippen molar-refractivity contribution in [1.82, 2.24) is 4.90 Å². The molecule has 1 saturated heterocycles. The zero-order valence-corrected chi connectivity index (χ0v) is 13.2. The number of nitro benzene ring substituents is 1. The molecule has 0 bridgehead atoms. The minimum absolute atomic E-state index is 0.104. The number of likely N-dealkylation sites (tertiary alicyclic amines) is 1. The molecule has 0 spiro atoms. The predicted molar refractivity (Wildman–Crippen MR) is 84.1 cm³/mol. The normalized spacial score (nSPS) is 17.1. The first-order chi connectivity index (χ1) is 9.56. The highest BCUT2D eigenvalue weighted by Gasteiger charge is 2.15. The van der Waals surface area contributed by atoms with Crippen LogP contribution in [0.15, 0.2) is 22.7 Å². The van der Waals surface area contributed by atoms with Crippen LogP contribution in [-0.2, 0) is 0 Å². The SMILES string of the molecule is CC1CCN(CCNc2ccc([N+](=O)[O-])cc2Br)CC1. The highest BCUT2D eigenvalue weighted by molar-refractivity contribution is 9.10. The molecule has 0 aliphatic carbocycles. The molecule has 0 radical (unpaired) electrons. The molecule has 0 unspecified atom stereocenters. The maximum absolute atomic E-state index is 10.7. The van der Waals surface area contributed by atoms with Crippen LogP contribution in [0.4, 0.5) is 11.4 Å². The third-order valence-electron chi connectivity index (χ3n) is 3.78. The quantitative estimate of drug-likeness (QED) is 0.657. The molecule has 6 heteroatoms. The Kier molecular flexibility index (Phi) is 5.37. The molecule has 0 atom stereocenters. The molecule has 1 aromatic carbocycles. The molecule has 1 aliphatic heterocycles. The van der Waals surface area contributed by atoms with Crippen molar-refractivity contribution in [3.05, 3.63) is 32.8 Å². The summed E-state index contributed by atoms with van der Waals surface area (Å²) in [6, 6.07) is 4.81. The molecule has 0 saturated carbocycles. The van der Waals surface area contributed by atoms with E-state index in [0.717, 1.165) is 29.2 Å². The molecule has 1 N–H and O–H groups in total. The number of benzene rings is 1. The summed E-state index contributed by atoms with van der Waals surface area (Å²) in [4.78, 5) is 12.7. The lowest BCUT2D eigenvalue weighted by molar-refractivity contribution is -0.384. The molecule has 1 aromatic rings. The van der Waals surface area contributed by atoms with Gasteiger partial charge in [-0.15, -0.1) is 0 Å². The Morgan fingerprint density at radius 1 is 1.45 bits per heavy atom. The topological polar surface area (TPSA) is 58.4 Å². The molecule has 20 heavy (non-hydrogen) atoms. The first kappa shape index (κ1) is 15.3. The fraction of sp³-hybridized carbons (Fsp3) is 0.571. The molecule has 0 amide bonds. The van der Waals surface area contributed by atoms with E-state index in [2.05, 4.69) is 33.1 Å². The zero-order valence-electron chi connectivity index (χ0n) is 11.6. The van der Waals surface area contributed by atoms with E-state index in [0.29, 0.717) is 0 Å². The second-order valence-corrected chi connectivity index (χ2v) is 6.23. The van der Waals surface area contributed by atoms with E-state index in [-0.39, 0.29) is 10.6 Å². The van der Waals surface area contributed by atoms with Crippen molar-refractivity contribution in [2.24, 2.45) is 5.92 Å². The third-order valence-corrected chi connectivity index (χ3v) is 4.44. The number of rotatable bonds is 5. The van der Waals surface area contributed by atoms with Gasteiger partial charge in [0.25, 0.3) is 5.69 Å². The lowest BCUT2D eigenvalue weighted by Gasteiger charge is -2.30. The van der Waals surface area contributed by atoms with Crippen LogP contribution in [-0.4, -0.2) is 36.0 Å². The van der Waals surface area contributed by atoms with Gasteiger partial charge < -0.3 is 10.2 Å². The predicted octanol–water partition coefficient (Wildman–Crippen LogP) is 3.50. The summed E-state index contributed by atoms with van der Waals surface area (Å²) in [5.41, 5.74) is 1.01. The number of halogens is 1. The van der Waals surface area contributed by atoms with Gasteiger partial charge >= 0.3 is 0 Å². The zero-order chi connectivity index (χ0) is 14.5. The Morgan fingerprint density at radius 3 is 2.75 bits per heavy atom. The molecule has 5 nitrogen and oxygen atoms in total. The van der Waals surface area contributed by atoms with Crippen LogP contribution in [0.5, 0.6) is 0 Å². The van der Waals surface area contributed by atoms with E-state index in [1.807, 2.05) is 0 Å². The van der Waals surface area contributed by atoms with Crippen LogP contribution in [0.2, 0.25) is 0 Å². The van der Waals surface area contributed by atoms with Crippen LogP contribution in [0, 0.1) is 16.0 Å². The summed E-state index contributed by atoms with van der Waals surface area (Å²) in [6.07, 6.45) is 2.56. The number of hydrogen-bond acceptors (Lipinski definition) is 4. The van der Waals surface area contributed by atoms with Crippen molar-refractivity contribution >= 4 is 27.3 Å². The number of non-ortho nitro benzene ring substituents is 1. The van der Waals surface area contributed by atoms with Gasteiger partial charge in [0.05, 0.1) is 4.92 Å². The van der Waals surface area contributed by atoms with Gasteiger partial charge in [-0.25, -0.2) is 0 Å². The highest BCUT2D eigenvalue weighted by atomic mass is 79.9. The second-order valence-electron chi connectivity index (χ2n) is 5.37. The number of piperidine rings is 1. The lowest BCUT2D eigenvalue weighted by Crippen LogP contribution is -2.36. The number of nitro groups is 1. The summed E-state index contributed by atoms with van der Waals surface area (Å²) in [6.45, 7) is 6.51. The van der Waals surface area contributed by atoms with Crippen LogP contribution in [0.1, 0.15) is 19.8 Å². The molecule has 1 aliphatic rings. The van der Waals surface area contributed by atoms with E-state index < -0.39 is 0 Å². The van der Waals surface area contributed by atoms with Crippen LogP contribution < -0.4 is 5.32 Å². The van der Waals surface area contributed by atoms with Gasteiger partial charge in [-0.2, -0.15) is 0 Å². The summed E-state index contributed by atoms with van der Waals surface area (Å²) in [5, 5.41) is 14.0. The molecule has 1 fully saturated rings.